The van der Waals surface area contributed by atoms with Gasteiger partial charge < -0.3 is 9.64 Å². The summed E-state index contributed by atoms with van der Waals surface area (Å²) >= 11 is 1.59. The quantitative estimate of drug-likeness (QED) is 0.737. The van der Waals surface area contributed by atoms with E-state index < -0.39 is 0 Å². The molecule has 1 aromatic carbocycles. The molecule has 0 N–H and O–H groups in total. The molecule has 3 heterocycles. The summed E-state index contributed by atoms with van der Waals surface area (Å²) < 4.78 is 20.0. The molecular weight excluding hydrogens is 317 g/mol. The molecule has 0 saturated carbocycles. The third-order valence-electron chi connectivity index (χ3n) is 3.62. The minimum absolute atomic E-state index is 0.274. The molecule has 23 heavy (non-hydrogen) atoms. The van der Waals surface area contributed by atoms with E-state index in [2.05, 4.69) is 20.2 Å². The molecular formula is C15H14FN5OS. The van der Waals surface area contributed by atoms with Gasteiger partial charge in [-0.25, -0.2) is 14.1 Å². The van der Waals surface area contributed by atoms with Crippen molar-refractivity contribution in [3.8, 4) is 17.1 Å². The number of nitrogens with zero attached hydrogens (tertiary/aromatic N) is 5. The highest BCUT2D eigenvalue weighted by atomic mass is 32.1. The molecule has 0 atom stereocenters. The number of anilines is 1. The van der Waals surface area contributed by atoms with Gasteiger partial charge in [0.15, 0.2) is 5.13 Å². The lowest BCUT2D eigenvalue weighted by Gasteiger charge is -2.25. The van der Waals surface area contributed by atoms with Crippen molar-refractivity contribution in [3.05, 3.63) is 41.7 Å². The largest absolute Gasteiger partial charge is 0.378 e. The maximum Gasteiger partial charge on any atom is 0.186 e. The number of morpholine rings is 1. The van der Waals surface area contributed by atoms with E-state index >= 15 is 0 Å². The Morgan fingerprint density at radius 1 is 1.09 bits per heavy atom. The summed E-state index contributed by atoms with van der Waals surface area (Å²) in [5, 5.41) is 11.2. The van der Waals surface area contributed by atoms with Gasteiger partial charge in [-0.1, -0.05) is 5.21 Å². The topological polar surface area (TPSA) is 56.1 Å². The van der Waals surface area contributed by atoms with Crippen molar-refractivity contribution in [2.75, 3.05) is 31.2 Å². The summed E-state index contributed by atoms with van der Waals surface area (Å²) in [7, 11) is 0. The highest BCUT2D eigenvalue weighted by Gasteiger charge is 2.16. The van der Waals surface area contributed by atoms with Gasteiger partial charge in [0, 0.05) is 18.5 Å². The second-order valence-corrected chi connectivity index (χ2v) is 5.98. The SMILES string of the molecule is Fc1ccc(-n2cc(-c3csc(N4CCOCC4)n3)nn2)cc1. The molecule has 1 fully saturated rings. The van der Waals surface area contributed by atoms with E-state index in [9.17, 15) is 4.39 Å². The van der Waals surface area contributed by atoms with E-state index in [0.29, 0.717) is 5.69 Å². The predicted molar refractivity (Wildman–Crippen MR) is 85.5 cm³/mol. The fraction of sp³-hybridized carbons (Fsp3) is 0.267. The number of rotatable bonds is 3. The second-order valence-electron chi connectivity index (χ2n) is 5.14. The van der Waals surface area contributed by atoms with Crippen LogP contribution in [0.15, 0.2) is 35.8 Å². The van der Waals surface area contributed by atoms with Gasteiger partial charge in [0.2, 0.25) is 0 Å². The molecule has 0 radical (unpaired) electrons. The highest BCUT2D eigenvalue weighted by Crippen LogP contribution is 2.27. The Hall–Kier alpha value is -2.32. The van der Waals surface area contributed by atoms with Crippen molar-refractivity contribution in [2.45, 2.75) is 0 Å². The molecule has 1 aliphatic heterocycles. The van der Waals surface area contributed by atoms with Crippen LogP contribution in [0.4, 0.5) is 9.52 Å². The molecule has 3 aromatic rings. The minimum Gasteiger partial charge on any atom is -0.378 e. The van der Waals surface area contributed by atoms with E-state index in [1.807, 2.05) is 5.38 Å². The van der Waals surface area contributed by atoms with Crippen molar-refractivity contribution in [1.82, 2.24) is 20.0 Å². The van der Waals surface area contributed by atoms with Crippen LogP contribution in [0.1, 0.15) is 0 Å². The first-order chi connectivity index (χ1) is 11.3. The third-order valence-corrected chi connectivity index (χ3v) is 4.52. The molecule has 2 aromatic heterocycles. The predicted octanol–water partition coefficient (Wildman–Crippen LogP) is 2.37. The number of benzene rings is 1. The Labute approximate surface area is 136 Å². The van der Waals surface area contributed by atoms with Crippen LogP contribution in [-0.2, 0) is 4.74 Å². The van der Waals surface area contributed by atoms with Crippen LogP contribution in [0.3, 0.4) is 0 Å². The minimum atomic E-state index is -0.274. The fourth-order valence-corrected chi connectivity index (χ4v) is 3.26. The van der Waals surface area contributed by atoms with Crippen LogP contribution in [-0.4, -0.2) is 46.3 Å². The van der Waals surface area contributed by atoms with E-state index in [1.165, 1.54) is 12.1 Å². The molecule has 0 bridgehead atoms. The number of aromatic nitrogens is 4. The zero-order chi connectivity index (χ0) is 15.6. The Morgan fingerprint density at radius 2 is 1.87 bits per heavy atom. The van der Waals surface area contributed by atoms with Crippen molar-refractivity contribution in [2.24, 2.45) is 0 Å². The Balaban J connectivity index is 1.57. The van der Waals surface area contributed by atoms with E-state index in [0.717, 1.165) is 42.8 Å². The molecule has 1 saturated heterocycles. The second kappa shape index (κ2) is 6.05. The van der Waals surface area contributed by atoms with E-state index in [-0.39, 0.29) is 5.82 Å². The smallest absolute Gasteiger partial charge is 0.186 e. The molecule has 0 unspecified atom stereocenters. The average Bonchev–Trinajstić information content (AvgIpc) is 3.26. The zero-order valence-electron chi connectivity index (χ0n) is 12.2. The van der Waals surface area contributed by atoms with E-state index in [4.69, 9.17) is 4.74 Å². The van der Waals surface area contributed by atoms with Crippen molar-refractivity contribution < 1.29 is 9.13 Å². The number of ether oxygens (including phenoxy) is 1. The summed E-state index contributed by atoms with van der Waals surface area (Å²) in [6.45, 7) is 3.18. The molecule has 4 rings (SSSR count). The first-order valence-corrected chi connectivity index (χ1v) is 8.14. The molecule has 0 spiro atoms. The number of thiazole rings is 1. The maximum atomic E-state index is 13.0. The van der Waals surface area contributed by atoms with Crippen molar-refractivity contribution in [1.29, 1.82) is 0 Å². The van der Waals surface area contributed by atoms with Crippen molar-refractivity contribution >= 4 is 16.5 Å². The number of hydrogen-bond acceptors (Lipinski definition) is 6. The Morgan fingerprint density at radius 3 is 2.65 bits per heavy atom. The summed E-state index contributed by atoms with van der Waals surface area (Å²) in [6.07, 6.45) is 1.80. The number of halogens is 1. The summed E-state index contributed by atoms with van der Waals surface area (Å²) in [5.41, 5.74) is 2.25. The standard InChI is InChI=1S/C15H14FN5OS/c16-11-1-3-12(4-2-11)21-9-13(18-19-21)14-10-23-15(17-14)20-5-7-22-8-6-20/h1-4,9-10H,5-8H2. The first-order valence-electron chi connectivity index (χ1n) is 7.26. The van der Waals surface area contributed by atoms with Gasteiger partial charge in [0.1, 0.15) is 17.2 Å². The van der Waals surface area contributed by atoms with Gasteiger partial charge in [-0.15, -0.1) is 16.4 Å². The molecule has 1 aliphatic rings. The van der Waals surface area contributed by atoms with Crippen LogP contribution in [0, 0.1) is 5.82 Å². The first kappa shape index (κ1) is 14.3. The monoisotopic (exact) mass is 331 g/mol. The normalized spacial score (nSPS) is 15.1. The number of hydrogen-bond donors (Lipinski definition) is 0. The molecule has 118 valence electrons. The Kier molecular flexibility index (Phi) is 3.76. The summed E-state index contributed by atoms with van der Waals surface area (Å²) in [5.74, 6) is -0.274. The zero-order valence-corrected chi connectivity index (χ0v) is 13.0. The van der Waals surface area contributed by atoms with Crippen LogP contribution in [0.5, 0.6) is 0 Å². The van der Waals surface area contributed by atoms with Gasteiger partial charge in [-0.05, 0) is 24.3 Å². The van der Waals surface area contributed by atoms with Gasteiger partial charge in [-0.2, -0.15) is 0 Å². The van der Waals surface area contributed by atoms with Crippen LogP contribution in [0.2, 0.25) is 0 Å². The Bertz CT molecular complexity index is 794. The van der Waals surface area contributed by atoms with E-state index in [1.54, 1.807) is 34.3 Å². The van der Waals surface area contributed by atoms with Gasteiger partial charge in [0.25, 0.3) is 0 Å². The average molecular weight is 331 g/mol. The maximum absolute atomic E-state index is 13.0. The van der Waals surface area contributed by atoms with Gasteiger partial charge in [0.05, 0.1) is 25.1 Å². The summed E-state index contributed by atoms with van der Waals surface area (Å²) in [4.78, 5) is 6.85. The van der Waals surface area contributed by atoms with Crippen LogP contribution < -0.4 is 4.90 Å². The lowest BCUT2D eigenvalue weighted by molar-refractivity contribution is 0.122. The lowest BCUT2D eigenvalue weighted by atomic mass is 10.3. The molecule has 0 amide bonds. The van der Waals surface area contributed by atoms with Crippen LogP contribution >= 0.6 is 11.3 Å². The van der Waals surface area contributed by atoms with Crippen LogP contribution in [0.25, 0.3) is 17.1 Å². The fourth-order valence-electron chi connectivity index (χ4n) is 2.38. The summed E-state index contributed by atoms with van der Waals surface area (Å²) in [6, 6.07) is 6.12. The molecule has 6 nitrogen and oxygen atoms in total. The van der Waals surface area contributed by atoms with Gasteiger partial charge >= 0.3 is 0 Å². The third kappa shape index (κ3) is 2.95. The lowest BCUT2D eigenvalue weighted by Crippen LogP contribution is -2.36. The van der Waals surface area contributed by atoms with Crippen molar-refractivity contribution in [3.63, 3.8) is 0 Å². The molecule has 8 heteroatoms. The molecule has 0 aliphatic carbocycles. The highest BCUT2D eigenvalue weighted by molar-refractivity contribution is 7.14. The van der Waals surface area contributed by atoms with Gasteiger partial charge in [-0.3, -0.25) is 0 Å².